The van der Waals surface area contributed by atoms with Crippen molar-refractivity contribution in [3.63, 3.8) is 0 Å². The van der Waals surface area contributed by atoms with E-state index in [1.807, 2.05) is 13.0 Å². The molecule has 0 saturated heterocycles. The fourth-order valence-electron chi connectivity index (χ4n) is 2.61. The molecule has 1 N–H and O–H groups in total. The lowest BCUT2D eigenvalue weighted by Gasteiger charge is -2.16. The smallest absolute Gasteiger partial charge is 0.342 e. The van der Waals surface area contributed by atoms with Gasteiger partial charge in [-0.2, -0.15) is 0 Å². The van der Waals surface area contributed by atoms with Crippen molar-refractivity contribution >= 4 is 23.5 Å². The van der Waals surface area contributed by atoms with E-state index in [0.29, 0.717) is 10.8 Å². The molecule has 0 aromatic heterocycles. The predicted molar refractivity (Wildman–Crippen MR) is 104 cm³/mol. The van der Waals surface area contributed by atoms with Crippen LogP contribution in [0.1, 0.15) is 28.9 Å². The Morgan fingerprint density at radius 1 is 1.04 bits per heavy atom. The number of halogens is 1. The van der Waals surface area contributed by atoms with Crippen LogP contribution in [0.25, 0.3) is 0 Å². The third-order valence-electron chi connectivity index (χ3n) is 3.98. The Kier molecular flexibility index (Phi) is 7.52. The normalized spacial score (nSPS) is 11.3. The second kappa shape index (κ2) is 9.85. The zero-order valence-electron chi connectivity index (χ0n) is 16.1. The van der Waals surface area contributed by atoms with Gasteiger partial charge in [0.05, 0.1) is 27.4 Å². The molecule has 0 saturated carbocycles. The van der Waals surface area contributed by atoms with E-state index in [1.165, 1.54) is 27.4 Å². The first kappa shape index (κ1) is 21.4. The number of carbonyl (C=O) groups excluding carboxylic acids is 2. The second-order valence-electron chi connectivity index (χ2n) is 5.80. The fraction of sp³-hybridized carbons (Fsp3) is 0.300. The highest BCUT2D eigenvalue weighted by atomic mass is 35.5. The van der Waals surface area contributed by atoms with E-state index in [1.54, 1.807) is 24.3 Å². The van der Waals surface area contributed by atoms with Crippen molar-refractivity contribution in [2.45, 2.75) is 13.0 Å². The first-order chi connectivity index (χ1) is 13.4. The summed E-state index contributed by atoms with van der Waals surface area (Å²) >= 11 is 5.96. The van der Waals surface area contributed by atoms with Gasteiger partial charge in [0, 0.05) is 5.02 Å². The number of hydrogen-bond acceptors (Lipinski definition) is 6. The molecule has 0 unspecified atom stereocenters. The van der Waals surface area contributed by atoms with Gasteiger partial charge in [0.25, 0.3) is 5.91 Å². The van der Waals surface area contributed by atoms with Gasteiger partial charge >= 0.3 is 5.97 Å². The SMILES string of the molecule is COc1ccc(C(=O)OCC(=O)N[C@@H](C)c2cccc(Cl)c2)c(OC)c1OC. The van der Waals surface area contributed by atoms with Crippen molar-refractivity contribution in [2.24, 2.45) is 0 Å². The first-order valence-electron chi connectivity index (χ1n) is 8.42. The van der Waals surface area contributed by atoms with Crippen LogP contribution in [-0.2, 0) is 9.53 Å². The molecule has 0 bridgehead atoms. The number of rotatable bonds is 8. The number of methoxy groups -OCH3 is 3. The van der Waals surface area contributed by atoms with Crippen molar-refractivity contribution in [1.29, 1.82) is 0 Å². The molecule has 7 nitrogen and oxygen atoms in total. The summed E-state index contributed by atoms with van der Waals surface area (Å²) in [6.45, 7) is 1.37. The molecule has 2 rings (SSSR count). The van der Waals surface area contributed by atoms with Gasteiger partial charge in [-0.15, -0.1) is 0 Å². The summed E-state index contributed by atoms with van der Waals surface area (Å²) in [4.78, 5) is 24.5. The van der Waals surface area contributed by atoms with Crippen LogP contribution >= 0.6 is 11.6 Å². The van der Waals surface area contributed by atoms with E-state index in [9.17, 15) is 9.59 Å². The van der Waals surface area contributed by atoms with Crippen LogP contribution in [0.15, 0.2) is 36.4 Å². The average molecular weight is 408 g/mol. The maximum atomic E-state index is 12.4. The molecule has 0 heterocycles. The molecule has 0 fully saturated rings. The summed E-state index contributed by atoms with van der Waals surface area (Å²) in [7, 11) is 4.30. The number of amides is 1. The molecule has 0 aliphatic rings. The van der Waals surface area contributed by atoms with Crippen LogP contribution in [0.5, 0.6) is 17.2 Å². The molecule has 0 radical (unpaired) electrons. The quantitative estimate of drug-likeness (QED) is 0.675. The maximum Gasteiger partial charge on any atom is 0.342 e. The summed E-state index contributed by atoms with van der Waals surface area (Å²) in [5.41, 5.74) is 0.963. The lowest BCUT2D eigenvalue weighted by Crippen LogP contribution is -2.31. The Labute approximate surface area is 168 Å². The fourth-order valence-corrected chi connectivity index (χ4v) is 2.81. The first-order valence-corrected chi connectivity index (χ1v) is 8.80. The van der Waals surface area contributed by atoms with Gasteiger partial charge in [-0.25, -0.2) is 4.79 Å². The Morgan fingerprint density at radius 2 is 1.75 bits per heavy atom. The van der Waals surface area contributed by atoms with Gasteiger partial charge in [0.15, 0.2) is 18.1 Å². The van der Waals surface area contributed by atoms with Gasteiger partial charge in [0.2, 0.25) is 5.75 Å². The lowest BCUT2D eigenvalue weighted by molar-refractivity contribution is -0.124. The number of esters is 1. The van der Waals surface area contributed by atoms with Gasteiger partial charge in [-0.05, 0) is 36.8 Å². The molecule has 0 spiro atoms. The summed E-state index contributed by atoms with van der Waals surface area (Å²) in [6.07, 6.45) is 0. The minimum absolute atomic E-state index is 0.121. The summed E-state index contributed by atoms with van der Waals surface area (Å²) in [5, 5.41) is 3.32. The van der Waals surface area contributed by atoms with Crippen molar-refractivity contribution in [2.75, 3.05) is 27.9 Å². The number of ether oxygens (including phenoxy) is 4. The topological polar surface area (TPSA) is 83.1 Å². The number of carbonyl (C=O) groups is 2. The third kappa shape index (κ3) is 5.07. The molecule has 150 valence electrons. The molecule has 0 aliphatic heterocycles. The van der Waals surface area contributed by atoms with Crippen LogP contribution in [-0.4, -0.2) is 39.8 Å². The van der Waals surface area contributed by atoms with Gasteiger partial charge in [-0.3, -0.25) is 4.79 Å². The minimum atomic E-state index is -0.719. The number of nitrogens with one attached hydrogen (secondary N) is 1. The van der Waals surface area contributed by atoms with Crippen molar-refractivity contribution < 1.29 is 28.5 Å². The van der Waals surface area contributed by atoms with E-state index in [4.69, 9.17) is 30.5 Å². The third-order valence-corrected chi connectivity index (χ3v) is 4.22. The van der Waals surface area contributed by atoms with Crippen molar-refractivity contribution in [3.8, 4) is 17.2 Å². The van der Waals surface area contributed by atoms with Crippen LogP contribution in [0, 0.1) is 0 Å². The molecule has 2 aromatic rings. The Morgan fingerprint density at radius 3 is 2.36 bits per heavy atom. The summed E-state index contributed by atoms with van der Waals surface area (Å²) in [5.74, 6) is -0.328. The Balaban J connectivity index is 2.02. The van der Waals surface area contributed by atoms with Crippen LogP contribution in [0.2, 0.25) is 5.02 Å². The minimum Gasteiger partial charge on any atom is -0.493 e. The lowest BCUT2D eigenvalue weighted by atomic mass is 10.1. The van der Waals surface area contributed by atoms with Gasteiger partial charge in [-0.1, -0.05) is 23.7 Å². The largest absolute Gasteiger partial charge is 0.493 e. The second-order valence-corrected chi connectivity index (χ2v) is 6.24. The highest BCUT2D eigenvalue weighted by Crippen LogP contribution is 2.39. The monoisotopic (exact) mass is 407 g/mol. The van der Waals surface area contributed by atoms with Gasteiger partial charge in [0.1, 0.15) is 5.56 Å². The average Bonchev–Trinajstić information content (AvgIpc) is 2.70. The zero-order valence-corrected chi connectivity index (χ0v) is 16.8. The predicted octanol–water partition coefficient (Wildman–Crippen LogP) is 3.40. The van der Waals surface area contributed by atoms with E-state index in [0.717, 1.165) is 5.56 Å². The van der Waals surface area contributed by atoms with Crippen LogP contribution < -0.4 is 19.5 Å². The molecule has 1 amide bonds. The highest BCUT2D eigenvalue weighted by molar-refractivity contribution is 6.30. The molecule has 1 atom stereocenters. The Bertz CT molecular complexity index is 855. The van der Waals surface area contributed by atoms with Crippen molar-refractivity contribution in [1.82, 2.24) is 5.32 Å². The molecular formula is C20H22ClNO6. The highest BCUT2D eigenvalue weighted by Gasteiger charge is 2.22. The van der Waals surface area contributed by atoms with E-state index in [-0.39, 0.29) is 23.1 Å². The number of benzene rings is 2. The molecule has 28 heavy (non-hydrogen) atoms. The van der Waals surface area contributed by atoms with Crippen LogP contribution in [0.3, 0.4) is 0 Å². The summed E-state index contributed by atoms with van der Waals surface area (Å²) < 4.78 is 20.8. The Hall–Kier alpha value is -2.93. The van der Waals surface area contributed by atoms with Gasteiger partial charge < -0.3 is 24.3 Å². The van der Waals surface area contributed by atoms with E-state index < -0.39 is 18.5 Å². The van der Waals surface area contributed by atoms with Crippen molar-refractivity contribution in [3.05, 3.63) is 52.5 Å². The molecule has 8 heteroatoms. The zero-order chi connectivity index (χ0) is 20.7. The number of hydrogen-bond donors (Lipinski definition) is 1. The molecular weight excluding hydrogens is 386 g/mol. The standard InChI is InChI=1S/C20H22ClNO6/c1-12(13-6-5-7-14(21)10-13)22-17(23)11-28-20(24)15-8-9-16(25-2)19(27-4)18(15)26-3/h5-10,12H,11H2,1-4H3,(H,22,23)/t12-/m0/s1. The molecule has 2 aromatic carbocycles. The van der Waals surface area contributed by atoms with E-state index in [2.05, 4.69) is 5.32 Å². The summed E-state index contributed by atoms with van der Waals surface area (Å²) in [6, 6.07) is 9.89. The van der Waals surface area contributed by atoms with E-state index >= 15 is 0 Å². The molecule has 0 aliphatic carbocycles. The maximum absolute atomic E-state index is 12.4. The van der Waals surface area contributed by atoms with Crippen LogP contribution in [0.4, 0.5) is 0 Å².